The van der Waals surface area contributed by atoms with Crippen molar-refractivity contribution in [3.05, 3.63) is 95.1 Å². The first-order valence-corrected chi connectivity index (χ1v) is 14.2. The van der Waals surface area contributed by atoms with Crippen LogP contribution in [0.15, 0.2) is 71.8 Å². The SMILES string of the molecule is CS(=O)(=O)c1ccc(C(CCNC(=O)c2ccc(CCN3CCCC3)nc2)c2ccc(F)cc2)cc1. The summed E-state index contributed by atoms with van der Waals surface area (Å²) in [5.41, 5.74) is 3.28. The summed E-state index contributed by atoms with van der Waals surface area (Å²) in [6.45, 7) is 3.70. The van der Waals surface area contributed by atoms with Crippen LogP contribution in [0.5, 0.6) is 0 Å². The average Bonchev–Trinajstić information content (AvgIpc) is 3.40. The average molecular weight is 510 g/mol. The van der Waals surface area contributed by atoms with Gasteiger partial charge in [-0.25, -0.2) is 12.8 Å². The maximum absolute atomic E-state index is 13.5. The van der Waals surface area contributed by atoms with E-state index >= 15 is 0 Å². The third-order valence-electron chi connectivity index (χ3n) is 6.67. The van der Waals surface area contributed by atoms with Crippen molar-refractivity contribution in [1.82, 2.24) is 15.2 Å². The molecule has 0 bridgehead atoms. The van der Waals surface area contributed by atoms with Crippen LogP contribution in [0.4, 0.5) is 4.39 Å². The molecular weight excluding hydrogens is 477 g/mol. The van der Waals surface area contributed by atoms with Crippen LogP contribution >= 0.6 is 0 Å². The molecule has 0 radical (unpaired) electrons. The van der Waals surface area contributed by atoms with E-state index in [9.17, 15) is 17.6 Å². The minimum Gasteiger partial charge on any atom is -0.352 e. The number of carbonyl (C=O) groups is 1. The molecule has 0 spiro atoms. The highest BCUT2D eigenvalue weighted by atomic mass is 32.2. The number of hydrogen-bond acceptors (Lipinski definition) is 5. The van der Waals surface area contributed by atoms with Crippen molar-refractivity contribution in [2.75, 3.05) is 32.4 Å². The van der Waals surface area contributed by atoms with Crippen molar-refractivity contribution >= 4 is 15.7 Å². The zero-order chi connectivity index (χ0) is 25.5. The number of benzene rings is 2. The van der Waals surface area contributed by atoms with Gasteiger partial charge in [0.1, 0.15) is 5.82 Å². The summed E-state index contributed by atoms with van der Waals surface area (Å²) in [5.74, 6) is -0.654. The molecule has 1 atom stereocenters. The van der Waals surface area contributed by atoms with Crippen molar-refractivity contribution < 1.29 is 17.6 Å². The van der Waals surface area contributed by atoms with Gasteiger partial charge in [0.25, 0.3) is 5.91 Å². The van der Waals surface area contributed by atoms with Crippen LogP contribution in [0.2, 0.25) is 0 Å². The third kappa shape index (κ3) is 6.98. The van der Waals surface area contributed by atoms with Gasteiger partial charge >= 0.3 is 0 Å². The normalized spacial score (nSPS) is 15.1. The second-order valence-corrected chi connectivity index (χ2v) is 11.3. The Kier molecular flexibility index (Phi) is 8.48. The molecule has 1 amide bonds. The molecule has 1 unspecified atom stereocenters. The summed E-state index contributed by atoms with van der Waals surface area (Å²) in [4.78, 5) is 19.8. The number of sulfone groups is 1. The quantitative estimate of drug-likeness (QED) is 0.443. The van der Waals surface area contributed by atoms with Crippen molar-refractivity contribution in [2.45, 2.75) is 36.5 Å². The largest absolute Gasteiger partial charge is 0.352 e. The fourth-order valence-electron chi connectivity index (χ4n) is 4.59. The number of amides is 1. The predicted molar refractivity (Wildman–Crippen MR) is 138 cm³/mol. The highest BCUT2D eigenvalue weighted by molar-refractivity contribution is 7.90. The van der Waals surface area contributed by atoms with Crippen LogP contribution in [0.1, 0.15) is 52.4 Å². The van der Waals surface area contributed by atoms with E-state index in [2.05, 4.69) is 15.2 Å². The fraction of sp³-hybridized carbons (Fsp3) is 0.357. The number of rotatable bonds is 10. The molecule has 6 nitrogen and oxygen atoms in total. The Morgan fingerprint density at radius 2 is 1.64 bits per heavy atom. The minimum absolute atomic E-state index is 0.134. The molecule has 2 aromatic carbocycles. The van der Waals surface area contributed by atoms with Crippen molar-refractivity contribution in [1.29, 1.82) is 0 Å². The summed E-state index contributed by atoms with van der Waals surface area (Å²) >= 11 is 0. The molecule has 4 rings (SSSR count). The van der Waals surface area contributed by atoms with Crippen molar-refractivity contribution in [3.63, 3.8) is 0 Å². The second kappa shape index (κ2) is 11.8. The first-order valence-electron chi connectivity index (χ1n) is 12.3. The number of likely N-dealkylation sites (tertiary alicyclic amines) is 1. The molecule has 1 aromatic heterocycles. The van der Waals surface area contributed by atoms with E-state index in [1.54, 1.807) is 42.6 Å². The van der Waals surface area contributed by atoms with E-state index in [-0.39, 0.29) is 22.5 Å². The monoisotopic (exact) mass is 509 g/mol. The molecule has 1 fully saturated rings. The molecule has 36 heavy (non-hydrogen) atoms. The van der Waals surface area contributed by atoms with Gasteiger partial charge in [0.2, 0.25) is 0 Å². The molecule has 1 aliphatic rings. The van der Waals surface area contributed by atoms with Gasteiger partial charge in [-0.1, -0.05) is 24.3 Å². The minimum atomic E-state index is -3.30. The van der Waals surface area contributed by atoms with Gasteiger partial charge in [0, 0.05) is 43.6 Å². The van der Waals surface area contributed by atoms with Crippen LogP contribution in [0, 0.1) is 5.82 Å². The summed E-state index contributed by atoms with van der Waals surface area (Å²) in [6.07, 6.45) is 6.76. The number of pyridine rings is 1. The number of halogens is 1. The Morgan fingerprint density at radius 3 is 2.22 bits per heavy atom. The standard InChI is InChI=1S/C28H32FN3O3S/c1-36(34,35)26-12-7-22(8-13-26)27(21-4-9-24(29)10-5-21)14-16-30-28(33)23-6-11-25(31-20-23)15-19-32-17-2-3-18-32/h4-13,20,27H,2-3,14-19H2,1H3,(H,30,33). The van der Waals surface area contributed by atoms with Gasteiger partial charge in [-0.2, -0.15) is 0 Å². The van der Waals surface area contributed by atoms with Gasteiger partial charge in [-0.3, -0.25) is 9.78 Å². The predicted octanol–water partition coefficient (Wildman–Crippen LogP) is 4.21. The van der Waals surface area contributed by atoms with E-state index in [0.717, 1.165) is 42.9 Å². The molecule has 8 heteroatoms. The lowest BCUT2D eigenvalue weighted by Gasteiger charge is -2.19. The summed E-state index contributed by atoms with van der Waals surface area (Å²) in [5, 5.41) is 2.96. The van der Waals surface area contributed by atoms with Gasteiger partial charge in [-0.05, 0) is 79.9 Å². The Balaban J connectivity index is 1.38. The smallest absolute Gasteiger partial charge is 0.252 e. The number of nitrogens with one attached hydrogen (secondary N) is 1. The molecule has 2 heterocycles. The summed E-state index contributed by atoms with van der Waals surface area (Å²) < 4.78 is 37.2. The van der Waals surface area contributed by atoms with Crippen LogP contribution in [-0.4, -0.2) is 56.6 Å². The lowest BCUT2D eigenvalue weighted by atomic mass is 9.88. The topological polar surface area (TPSA) is 79.4 Å². The zero-order valence-electron chi connectivity index (χ0n) is 20.5. The maximum atomic E-state index is 13.5. The third-order valence-corrected chi connectivity index (χ3v) is 7.80. The van der Waals surface area contributed by atoms with Crippen LogP contribution in [0.25, 0.3) is 0 Å². The van der Waals surface area contributed by atoms with Crippen LogP contribution in [0.3, 0.4) is 0 Å². The Hall–Kier alpha value is -3.10. The number of nitrogens with zero attached hydrogens (tertiary/aromatic N) is 2. The molecule has 0 aliphatic carbocycles. The Labute approximate surface area is 212 Å². The zero-order valence-corrected chi connectivity index (χ0v) is 21.3. The van der Waals surface area contributed by atoms with Crippen LogP contribution < -0.4 is 5.32 Å². The molecule has 3 aromatic rings. The molecule has 1 aliphatic heterocycles. The summed E-state index contributed by atoms with van der Waals surface area (Å²) in [6, 6.07) is 16.7. The van der Waals surface area contributed by atoms with Crippen molar-refractivity contribution in [2.24, 2.45) is 0 Å². The Bertz CT molecular complexity index is 1250. The fourth-order valence-corrected chi connectivity index (χ4v) is 5.22. The molecule has 1 saturated heterocycles. The number of hydrogen-bond donors (Lipinski definition) is 1. The lowest BCUT2D eigenvalue weighted by Crippen LogP contribution is -2.26. The van der Waals surface area contributed by atoms with E-state index in [4.69, 9.17) is 0 Å². The molecule has 0 saturated carbocycles. The van der Waals surface area contributed by atoms with E-state index in [1.807, 2.05) is 12.1 Å². The second-order valence-electron chi connectivity index (χ2n) is 9.33. The van der Waals surface area contributed by atoms with Gasteiger partial charge < -0.3 is 10.2 Å². The van der Waals surface area contributed by atoms with E-state index in [1.165, 1.54) is 31.2 Å². The van der Waals surface area contributed by atoms with Gasteiger partial charge in [0.15, 0.2) is 9.84 Å². The first kappa shape index (κ1) is 26.0. The maximum Gasteiger partial charge on any atom is 0.252 e. The molecule has 1 N–H and O–H groups in total. The first-order chi connectivity index (χ1) is 17.3. The number of aromatic nitrogens is 1. The molecule has 190 valence electrons. The van der Waals surface area contributed by atoms with E-state index < -0.39 is 9.84 Å². The van der Waals surface area contributed by atoms with Gasteiger partial charge in [0.05, 0.1) is 10.5 Å². The highest BCUT2D eigenvalue weighted by Crippen LogP contribution is 2.29. The van der Waals surface area contributed by atoms with E-state index in [0.29, 0.717) is 18.5 Å². The highest BCUT2D eigenvalue weighted by Gasteiger charge is 2.17. The van der Waals surface area contributed by atoms with Crippen LogP contribution in [-0.2, 0) is 16.3 Å². The van der Waals surface area contributed by atoms with Gasteiger partial charge in [-0.15, -0.1) is 0 Å². The number of carbonyl (C=O) groups excluding carboxylic acids is 1. The van der Waals surface area contributed by atoms with Crippen molar-refractivity contribution in [3.8, 4) is 0 Å². The molecular formula is C28H32FN3O3S. The summed E-state index contributed by atoms with van der Waals surface area (Å²) in [7, 11) is -3.30. The lowest BCUT2D eigenvalue weighted by molar-refractivity contribution is 0.0952. The Morgan fingerprint density at radius 1 is 1.00 bits per heavy atom.